The molecular weight excluding hydrogens is 392 g/mol. The molecule has 160 valence electrons. The Morgan fingerprint density at radius 3 is 2.45 bits per heavy atom. The van der Waals surface area contributed by atoms with E-state index >= 15 is 0 Å². The molecule has 2 amide bonds. The number of carbonyl (C=O) groups is 2. The standard InChI is InChI=1S/C24H26N4O3/c1-15-21(16(2)28(27-15)19-7-5-4-6-8-19)22-20(13-14-31-22)24(30)26-18-11-9-17(10-12-18)23(29)25-3/h4-12,20,22H,13-14H2,1-3H3,(H,25,29)(H,26,30)/t20-,22-/m0/s1. The third kappa shape index (κ3) is 4.09. The van der Waals surface area contributed by atoms with Crippen molar-refractivity contribution in [2.24, 2.45) is 5.92 Å². The number of benzene rings is 2. The van der Waals surface area contributed by atoms with Crippen molar-refractivity contribution in [3.8, 4) is 5.69 Å². The smallest absolute Gasteiger partial charge is 0.251 e. The Labute approximate surface area is 181 Å². The van der Waals surface area contributed by atoms with E-state index in [1.165, 1.54) is 0 Å². The Morgan fingerprint density at radius 2 is 1.77 bits per heavy atom. The molecule has 0 aliphatic carbocycles. The van der Waals surface area contributed by atoms with Crippen molar-refractivity contribution >= 4 is 17.5 Å². The molecule has 0 saturated carbocycles. The number of para-hydroxylation sites is 1. The number of anilines is 1. The third-order valence-electron chi connectivity index (χ3n) is 5.70. The highest BCUT2D eigenvalue weighted by molar-refractivity contribution is 5.96. The van der Waals surface area contributed by atoms with E-state index in [-0.39, 0.29) is 23.8 Å². The van der Waals surface area contributed by atoms with E-state index in [1.807, 2.05) is 48.9 Å². The second-order valence-electron chi connectivity index (χ2n) is 7.66. The Morgan fingerprint density at radius 1 is 1.06 bits per heavy atom. The van der Waals surface area contributed by atoms with E-state index in [1.54, 1.807) is 31.3 Å². The minimum Gasteiger partial charge on any atom is -0.373 e. The molecule has 2 N–H and O–H groups in total. The van der Waals surface area contributed by atoms with Crippen molar-refractivity contribution in [3.63, 3.8) is 0 Å². The number of aromatic nitrogens is 2. The molecule has 2 heterocycles. The summed E-state index contributed by atoms with van der Waals surface area (Å²) in [6, 6.07) is 16.8. The predicted octanol–water partition coefficient (Wildman–Crippen LogP) is 3.57. The number of rotatable bonds is 5. The number of aryl methyl sites for hydroxylation is 1. The molecule has 1 fully saturated rings. The van der Waals surface area contributed by atoms with Crippen LogP contribution in [0.4, 0.5) is 5.69 Å². The van der Waals surface area contributed by atoms with Gasteiger partial charge in [-0.25, -0.2) is 4.68 Å². The second kappa shape index (κ2) is 8.73. The zero-order chi connectivity index (χ0) is 22.0. The topological polar surface area (TPSA) is 85.2 Å². The molecule has 4 rings (SSSR count). The van der Waals surface area contributed by atoms with Crippen molar-refractivity contribution in [2.75, 3.05) is 19.0 Å². The maximum absolute atomic E-state index is 13.1. The number of carbonyl (C=O) groups excluding carboxylic acids is 2. The van der Waals surface area contributed by atoms with Crippen LogP contribution >= 0.6 is 0 Å². The fourth-order valence-electron chi connectivity index (χ4n) is 4.11. The number of amides is 2. The van der Waals surface area contributed by atoms with E-state index in [4.69, 9.17) is 9.84 Å². The Bertz CT molecular complexity index is 1090. The molecule has 2 atom stereocenters. The zero-order valence-corrected chi connectivity index (χ0v) is 17.9. The molecule has 0 bridgehead atoms. The number of nitrogens with zero attached hydrogens (tertiary/aromatic N) is 2. The first-order valence-corrected chi connectivity index (χ1v) is 10.4. The Kier molecular flexibility index (Phi) is 5.86. The summed E-state index contributed by atoms with van der Waals surface area (Å²) in [5.74, 6) is -0.575. The highest BCUT2D eigenvalue weighted by atomic mass is 16.5. The van der Waals surface area contributed by atoms with Gasteiger partial charge in [-0.1, -0.05) is 18.2 Å². The van der Waals surface area contributed by atoms with Gasteiger partial charge in [-0.05, 0) is 56.7 Å². The maximum Gasteiger partial charge on any atom is 0.251 e. The van der Waals surface area contributed by atoms with Crippen LogP contribution in [-0.4, -0.2) is 35.2 Å². The summed E-state index contributed by atoms with van der Waals surface area (Å²) < 4.78 is 7.92. The van der Waals surface area contributed by atoms with Crippen molar-refractivity contribution in [1.29, 1.82) is 0 Å². The van der Waals surface area contributed by atoms with Crippen LogP contribution in [0.2, 0.25) is 0 Å². The predicted molar refractivity (Wildman–Crippen MR) is 118 cm³/mol. The first-order valence-electron chi connectivity index (χ1n) is 10.4. The monoisotopic (exact) mass is 418 g/mol. The van der Waals surface area contributed by atoms with Crippen LogP contribution in [0.3, 0.4) is 0 Å². The van der Waals surface area contributed by atoms with Gasteiger partial charge < -0.3 is 15.4 Å². The van der Waals surface area contributed by atoms with Crippen LogP contribution in [0, 0.1) is 19.8 Å². The minimum atomic E-state index is -0.345. The van der Waals surface area contributed by atoms with Gasteiger partial charge in [-0.3, -0.25) is 9.59 Å². The molecule has 1 aliphatic heterocycles. The molecular formula is C24H26N4O3. The third-order valence-corrected chi connectivity index (χ3v) is 5.70. The molecule has 1 saturated heterocycles. The summed E-state index contributed by atoms with van der Waals surface area (Å²) >= 11 is 0. The van der Waals surface area contributed by atoms with Crippen molar-refractivity contribution in [3.05, 3.63) is 77.1 Å². The molecule has 7 nitrogen and oxygen atoms in total. The molecule has 31 heavy (non-hydrogen) atoms. The fourth-order valence-corrected chi connectivity index (χ4v) is 4.11. The van der Waals surface area contributed by atoms with Gasteiger partial charge in [-0.2, -0.15) is 5.10 Å². The molecule has 0 unspecified atom stereocenters. The number of ether oxygens (including phenoxy) is 1. The zero-order valence-electron chi connectivity index (χ0n) is 17.9. The van der Waals surface area contributed by atoms with Gasteiger partial charge in [0.15, 0.2) is 0 Å². The van der Waals surface area contributed by atoms with Crippen LogP contribution in [0.5, 0.6) is 0 Å². The number of hydrogen-bond acceptors (Lipinski definition) is 4. The molecule has 1 aromatic heterocycles. The molecule has 0 spiro atoms. The summed E-state index contributed by atoms with van der Waals surface area (Å²) in [7, 11) is 1.59. The largest absolute Gasteiger partial charge is 0.373 e. The summed E-state index contributed by atoms with van der Waals surface area (Å²) in [6.45, 7) is 4.49. The highest BCUT2D eigenvalue weighted by Gasteiger charge is 2.38. The van der Waals surface area contributed by atoms with E-state index in [9.17, 15) is 9.59 Å². The molecule has 2 aromatic carbocycles. The molecule has 0 radical (unpaired) electrons. The summed E-state index contributed by atoms with van der Waals surface area (Å²) in [6.07, 6.45) is 0.296. The van der Waals surface area contributed by atoms with Crippen LogP contribution in [-0.2, 0) is 9.53 Å². The normalized spacial score (nSPS) is 18.0. The van der Waals surface area contributed by atoms with Crippen LogP contribution < -0.4 is 10.6 Å². The lowest BCUT2D eigenvalue weighted by molar-refractivity contribution is -0.121. The maximum atomic E-state index is 13.1. The molecule has 1 aliphatic rings. The summed E-state index contributed by atoms with van der Waals surface area (Å²) in [4.78, 5) is 24.8. The molecule has 3 aromatic rings. The highest BCUT2D eigenvalue weighted by Crippen LogP contribution is 2.39. The van der Waals surface area contributed by atoms with Gasteiger partial charge in [0, 0.05) is 36.2 Å². The van der Waals surface area contributed by atoms with E-state index in [0.29, 0.717) is 24.3 Å². The number of hydrogen-bond donors (Lipinski definition) is 2. The van der Waals surface area contributed by atoms with Gasteiger partial charge in [0.1, 0.15) is 0 Å². The minimum absolute atomic E-state index is 0.0959. The van der Waals surface area contributed by atoms with Gasteiger partial charge in [0.25, 0.3) is 5.91 Å². The first kappa shape index (κ1) is 20.8. The fraction of sp³-hybridized carbons (Fsp3) is 0.292. The Hall–Kier alpha value is -3.45. The Balaban J connectivity index is 1.55. The van der Waals surface area contributed by atoms with Crippen molar-refractivity contribution in [2.45, 2.75) is 26.4 Å². The SMILES string of the molecule is CNC(=O)c1ccc(NC(=O)[C@H]2CCO[C@@H]2c2c(C)nn(-c3ccccc3)c2C)cc1. The lowest BCUT2D eigenvalue weighted by Crippen LogP contribution is -2.26. The van der Waals surface area contributed by atoms with Gasteiger partial charge >= 0.3 is 0 Å². The van der Waals surface area contributed by atoms with Gasteiger partial charge in [0.05, 0.1) is 23.4 Å². The average molecular weight is 418 g/mol. The summed E-state index contributed by atoms with van der Waals surface area (Å²) in [5.41, 5.74) is 4.98. The van der Waals surface area contributed by atoms with Gasteiger partial charge in [-0.15, -0.1) is 0 Å². The van der Waals surface area contributed by atoms with Gasteiger partial charge in [0.2, 0.25) is 5.91 Å². The molecule has 7 heteroatoms. The van der Waals surface area contributed by atoms with Crippen LogP contribution in [0.1, 0.15) is 39.8 Å². The lowest BCUT2D eigenvalue weighted by atomic mass is 9.93. The summed E-state index contributed by atoms with van der Waals surface area (Å²) in [5, 5.41) is 10.3. The van der Waals surface area contributed by atoms with Crippen LogP contribution in [0.15, 0.2) is 54.6 Å². The first-order chi connectivity index (χ1) is 15.0. The average Bonchev–Trinajstić information content (AvgIpc) is 3.38. The number of nitrogens with one attached hydrogen (secondary N) is 2. The van der Waals surface area contributed by atoms with E-state index in [2.05, 4.69) is 10.6 Å². The second-order valence-corrected chi connectivity index (χ2v) is 7.66. The van der Waals surface area contributed by atoms with E-state index < -0.39 is 0 Å². The quantitative estimate of drug-likeness (QED) is 0.663. The van der Waals surface area contributed by atoms with Crippen LogP contribution in [0.25, 0.3) is 5.69 Å². The van der Waals surface area contributed by atoms with E-state index in [0.717, 1.165) is 22.6 Å². The lowest BCUT2D eigenvalue weighted by Gasteiger charge is -2.19. The van der Waals surface area contributed by atoms with Crippen molar-refractivity contribution in [1.82, 2.24) is 15.1 Å². The van der Waals surface area contributed by atoms with Crippen molar-refractivity contribution < 1.29 is 14.3 Å².